The standard InChI is InChI=1S/C36H34ClN3O5/c1-22-12-24-18-38-28-14-32(31(44-2)13-27(28)35(43)39(24)19-22)45-21-36(10-6-3-7-11-36)16-33(42)40-20-23(17-37)34-26-9-5-4-8-25(26)30(41)15-29(34)40/h3-10,13-15,18-19,23-24,41H,11-12,16-17,20-21H2,1-2H3/t23-,24+,36?/m1/s1. The summed E-state index contributed by atoms with van der Waals surface area (Å²) in [6.45, 7) is 2.65. The first kappa shape index (κ1) is 29.2. The normalized spacial score (nSPS) is 23.1. The first-order valence-corrected chi connectivity index (χ1v) is 15.7. The highest BCUT2D eigenvalue weighted by molar-refractivity contribution is 6.19. The van der Waals surface area contributed by atoms with Gasteiger partial charge in [-0.2, -0.15) is 0 Å². The fourth-order valence-corrected chi connectivity index (χ4v) is 7.21. The summed E-state index contributed by atoms with van der Waals surface area (Å²) in [7, 11) is 1.54. The molecule has 9 heteroatoms. The summed E-state index contributed by atoms with van der Waals surface area (Å²) in [5.41, 5.74) is 3.16. The van der Waals surface area contributed by atoms with E-state index < -0.39 is 5.41 Å². The molecule has 0 saturated carbocycles. The lowest BCUT2D eigenvalue weighted by atomic mass is 9.79. The van der Waals surface area contributed by atoms with Crippen molar-refractivity contribution in [3.8, 4) is 17.2 Å². The molecule has 0 aromatic heterocycles. The average Bonchev–Trinajstić information content (AvgIpc) is 3.59. The number of phenolic OH excluding ortho intramolecular Hbond substituents is 1. The zero-order chi connectivity index (χ0) is 31.3. The van der Waals surface area contributed by atoms with E-state index in [0.717, 1.165) is 28.3 Å². The predicted octanol–water partition coefficient (Wildman–Crippen LogP) is 7.03. The van der Waals surface area contributed by atoms with Gasteiger partial charge in [-0.05, 0) is 36.8 Å². The quantitative estimate of drug-likeness (QED) is 0.285. The second-order valence-electron chi connectivity index (χ2n) is 12.3. The van der Waals surface area contributed by atoms with Crippen molar-refractivity contribution in [2.45, 2.75) is 38.1 Å². The largest absolute Gasteiger partial charge is 0.507 e. The summed E-state index contributed by atoms with van der Waals surface area (Å²) < 4.78 is 12.1. The molecule has 230 valence electrons. The van der Waals surface area contributed by atoms with Gasteiger partial charge in [-0.25, -0.2) is 0 Å². The van der Waals surface area contributed by atoms with Gasteiger partial charge in [-0.1, -0.05) is 54.1 Å². The van der Waals surface area contributed by atoms with Crippen molar-refractivity contribution >= 4 is 51.8 Å². The van der Waals surface area contributed by atoms with E-state index in [1.165, 1.54) is 0 Å². The van der Waals surface area contributed by atoms with Gasteiger partial charge in [0.15, 0.2) is 11.5 Å². The van der Waals surface area contributed by atoms with E-state index in [2.05, 4.69) is 4.99 Å². The van der Waals surface area contributed by atoms with Crippen LogP contribution in [-0.2, 0) is 4.79 Å². The number of carbonyl (C=O) groups is 2. The summed E-state index contributed by atoms with van der Waals surface area (Å²) in [5.74, 6) is 1.13. The van der Waals surface area contributed by atoms with Crippen LogP contribution in [0.5, 0.6) is 17.2 Å². The van der Waals surface area contributed by atoms with Crippen LogP contribution < -0.4 is 14.4 Å². The van der Waals surface area contributed by atoms with Gasteiger partial charge in [0.2, 0.25) is 5.91 Å². The van der Waals surface area contributed by atoms with Crippen LogP contribution in [-0.4, -0.2) is 60.2 Å². The number of anilines is 1. The number of carbonyl (C=O) groups excluding carboxylic acids is 2. The van der Waals surface area contributed by atoms with Gasteiger partial charge in [-0.15, -0.1) is 11.6 Å². The van der Waals surface area contributed by atoms with Crippen LogP contribution in [0.1, 0.15) is 48.0 Å². The Labute approximate surface area is 266 Å². The number of hydrogen-bond acceptors (Lipinski definition) is 6. The van der Waals surface area contributed by atoms with Crippen molar-refractivity contribution in [1.82, 2.24) is 4.90 Å². The van der Waals surface area contributed by atoms with E-state index in [1.54, 1.807) is 35.1 Å². The molecule has 1 N–H and O–H groups in total. The van der Waals surface area contributed by atoms with Gasteiger partial charge >= 0.3 is 0 Å². The van der Waals surface area contributed by atoms with Crippen LogP contribution in [0.3, 0.4) is 0 Å². The molecule has 3 atom stereocenters. The lowest BCUT2D eigenvalue weighted by Crippen LogP contribution is -2.38. The first-order valence-electron chi connectivity index (χ1n) is 15.1. The molecule has 8 nitrogen and oxygen atoms in total. The minimum atomic E-state index is -0.633. The number of halogens is 1. The highest BCUT2D eigenvalue weighted by Gasteiger charge is 2.39. The van der Waals surface area contributed by atoms with Crippen molar-refractivity contribution in [2.24, 2.45) is 10.4 Å². The SMILES string of the molecule is COc1cc2c(cc1OCC1(CC(=O)N3C[C@@H](CCl)c4c3cc(O)c3ccccc43)C=CC=CC1)N=C[C@@H]1CC(C)=CN1C2=O. The maximum absolute atomic E-state index is 14.1. The maximum Gasteiger partial charge on any atom is 0.260 e. The summed E-state index contributed by atoms with van der Waals surface area (Å²) >= 11 is 6.43. The number of alkyl halides is 1. The molecule has 1 unspecified atom stereocenters. The van der Waals surface area contributed by atoms with Crippen LogP contribution in [0, 0.1) is 5.41 Å². The Hall–Kier alpha value is -4.56. The van der Waals surface area contributed by atoms with Gasteiger partial charge in [0, 0.05) is 60.1 Å². The molecule has 0 radical (unpaired) electrons. The summed E-state index contributed by atoms with van der Waals surface area (Å²) in [6.07, 6.45) is 13.2. The predicted molar refractivity (Wildman–Crippen MR) is 176 cm³/mol. The van der Waals surface area contributed by atoms with E-state index in [9.17, 15) is 14.7 Å². The smallest absolute Gasteiger partial charge is 0.260 e. The molecule has 2 amide bonds. The van der Waals surface area contributed by atoms with Crippen molar-refractivity contribution in [1.29, 1.82) is 0 Å². The van der Waals surface area contributed by atoms with Gasteiger partial charge in [-0.3, -0.25) is 14.6 Å². The Bertz CT molecular complexity index is 1850. The number of fused-ring (bicyclic) bond motifs is 5. The van der Waals surface area contributed by atoms with Crippen molar-refractivity contribution in [2.75, 3.05) is 31.0 Å². The summed E-state index contributed by atoms with van der Waals surface area (Å²) in [5, 5.41) is 12.5. The Balaban J connectivity index is 1.16. The minimum Gasteiger partial charge on any atom is -0.507 e. The Kier molecular flexibility index (Phi) is 7.40. The van der Waals surface area contributed by atoms with Gasteiger partial charge in [0.25, 0.3) is 5.91 Å². The molecular formula is C36H34ClN3O5. The molecule has 3 heterocycles. The molecule has 3 aromatic carbocycles. The Morgan fingerprint density at radius 1 is 1.16 bits per heavy atom. The molecule has 3 aromatic rings. The van der Waals surface area contributed by atoms with E-state index in [4.69, 9.17) is 21.1 Å². The molecule has 45 heavy (non-hydrogen) atoms. The summed E-state index contributed by atoms with van der Waals surface area (Å²) in [4.78, 5) is 35.6. The number of allylic oxidation sites excluding steroid dienone is 3. The van der Waals surface area contributed by atoms with Gasteiger partial charge < -0.3 is 24.4 Å². The lowest BCUT2D eigenvalue weighted by Gasteiger charge is -2.32. The third kappa shape index (κ3) is 5.07. The van der Waals surface area contributed by atoms with E-state index >= 15 is 0 Å². The summed E-state index contributed by atoms with van der Waals surface area (Å²) in [6, 6.07) is 12.7. The van der Waals surface area contributed by atoms with Crippen LogP contribution >= 0.6 is 11.6 Å². The van der Waals surface area contributed by atoms with Crippen LogP contribution in [0.15, 0.2) is 83.5 Å². The fourth-order valence-electron chi connectivity index (χ4n) is 6.96. The highest BCUT2D eigenvalue weighted by atomic mass is 35.5. The zero-order valence-electron chi connectivity index (χ0n) is 25.2. The number of nitrogens with zero attached hydrogens (tertiary/aromatic N) is 3. The molecule has 1 aliphatic carbocycles. The number of amides is 2. The zero-order valence-corrected chi connectivity index (χ0v) is 26.0. The second-order valence-corrected chi connectivity index (χ2v) is 12.6. The third-order valence-electron chi connectivity index (χ3n) is 9.25. The van der Waals surface area contributed by atoms with E-state index in [-0.39, 0.29) is 42.6 Å². The number of benzene rings is 3. The Morgan fingerprint density at radius 3 is 2.73 bits per heavy atom. The number of methoxy groups -OCH3 is 1. The van der Waals surface area contributed by atoms with Gasteiger partial charge in [0.1, 0.15) is 5.75 Å². The Morgan fingerprint density at radius 2 is 1.98 bits per heavy atom. The molecule has 4 aliphatic rings. The van der Waals surface area contributed by atoms with Gasteiger partial charge in [0.05, 0.1) is 36.7 Å². The monoisotopic (exact) mass is 623 g/mol. The molecule has 0 bridgehead atoms. The minimum absolute atomic E-state index is 0.0486. The number of rotatable bonds is 7. The first-order chi connectivity index (χ1) is 21.8. The number of ether oxygens (including phenoxy) is 2. The molecule has 0 fully saturated rings. The van der Waals surface area contributed by atoms with Crippen LogP contribution in [0.2, 0.25) is 0 Å². The highest BCUT2D eigenvalue weighted by Crippen LogP contribution is 2.47. The third-order valence-corrected chi connectivity index (χ3v) is 9.62. The van der Waals surface area contributed by atoms with E-state index in [1.807, 2.05) is 67.9 Å². The topological polar surface area (TPSA) is 91.7 Å². The van der Waals surface area contributed by atoms with E-state index in [0.29, 0.717) is 47.3 Å². The van der Waals surface area contributed by atoms with Crippen molar-refractivity contribution in [3.63, 3.8) is 0 Å². The molecule has 7 rings (SSSR count). The fraction of sp³-hybridized carbons (Fsp3) is 0.306. The number of phenols is 1. The number of hydrogen-bond donors (Lipinski definition) is 1. The molecular weight excluding hydrogens is 590 g/mol. The molecule has 3 aliphatic heterocycles. The second kappa shape index (κ2) is 11.4. The van der Waals surface area contributed by atoms with Crippen molar-refractivity contribution in [3.05, 3.63) is 89.7 Å². The molecule has 0 saturated heterocycles. The number of aliphatic imine (C=N–C) groups is 1. The van der Waals surface area contributed by atoms with Crippen molar-refractivity contribution < 1.29 is 24.2 Å². The maximum atomic E-state index is 14.1. The average molecular weight is 624 g/mol. The lowest BCUT2D eigenvalue weighted by molar-refractivity contribution is -0.120. The number of aromatic hydroxyl groups is 1. The van der Waals surface area contributed by atoms with Crippen LogP contribution in [0.4, 0.5) is 11.4 Å². The van der Waals surface area contributed by atoms with Crippen LogP contribution in [0.25, 0.3) is 10.8 Å². The molecule has 0 spiro atoms.